The van der Waals surface area contributed by atoms with Gasteiger partial charge < -0.3 is 15.1 Å². The Labute approximate surface area is 157 Å². The quantitative estimate of drug-likeness (QED) is 0.454. The van der Waals surface area contributed by atoms with Gasteiger partial charge in [-0.2, -0.15) is 0 Å². The first-order valence-corrected chi connectivity index (χ1v) is 8.44. The zero-order valence-corrected chi connectivity index (χ0v) is 16.6. The van der Waals surface area contributed by atoms with Gasteiger partial charge in [0.1, 0.15) is 0 Å². The van der Waals surface area contributed by atoms with Crippen molar-refractivity contribution in [3.05, 3.63) is 30.3 Å². The summed E-state index contributed by atoms with van der Waals surface area (Å²) in [5.74, 6) is 1.07. The maximum absolute atomic E-state index is 4.48. The summed E-state index contributed by atoms with van der Waals surface area (Å²) in [6, 6.07) is 10.5. The van der Waals surface area contributed by atoms with Crippen molar-refractivity contribution < 1.29 is 0 Å². The molecule has 1 saturated carbocycles. The summed E-state index contributed by atoms with van der Waals surface area (Å²) >= 11 is 0. The number of benzene rings is 1. The molecule has 4 nitrogen and oxygen atoms in total. The fraction of sp³-hybridized carbons (Fsp3) is 0.611. The number of guanidine groups is 1. The number of nitrogens with one attached hydrogen (secondary N) is 1. The number of aliphatic imine (C=N–C) groups is 1. The predicted molar refractivity (Wildman–Crippen MR) is 109 cm³/mol. The largest absolute Gasteiger partial charge is 0.373 e. The topological polar surface area (TPSA) is 30.9 Å². The van der Waals surface area contributed by atoms with Gasteiger partial charge in [-0.25, -0.2) is 0 Å². The molecule has 3 rings (SSSR count). The zero-order chi connectivity index (χ0) is 15.4. The van der Waals surface area contributed by atoms with Gasteiger partial charge in [-0.05, 0) is 36.8 Å². The van der Waals surface area contributed by atoms with Crippen LogP contribution in [0.1, 0.15) is 25.7 Å². The van der Waals surface area contributed by atoms with E-state index in [4.69, 9.17) is 0 Å². The lowest BCUT2D eigenvalue weighted by Gasteiger charge is -2.38. The van der Waals surface area contributed by atoms with E-state index in [0.717, 1.165) is 25.6 Å². The lowest BCUT2D eigenvalue weighted by atomic mass is 9.68. The molecule has 2 fully saturated rings. The Morgan fingerprint density at radius 1 is 1.26 bits per heavy atom. The van der Waals surface area contributed by atoms with Gasteiger partial charge in [0.25, 0.3) is 0 Å². The summed E-state index contributed by atoms with van der Waals surface area (Å²) in [6.45, 7) is 4.25. The highest BCUT2D eigenvalue weighted by atomic mass is 127. The number of nitrogens with zero attached hydrogens (tertiary/aromatic N) is 3. The normalized spacial score (nSPS) is 19.2. The van der Waals surface area contributed by atoms with Crippen LogP contribution in [0.15, 0.2) is 35.3 Å². The smallest absolute Gasteiger partial charge is 0.193 e. The van der Waals surface area contributed by atoms with Crippen LogP contribution in [0.3, 0.4) is 0 Å². The number of hydrogen-bond donors (Lipinski definition) is 1. The maximum Gasteiger partial charge on any atom is 0.193 e. The second-order valence-corrected chi connectivity index (χ2v) is 6.76. The van der Waals surface area contributed by atoms with E-state index >= 15 is 0 Å². The molecular formula is C18H29IN4. The van der Waals surface area contributed by atoms with E-state index in [-0.39, 0.29) is 24.0 Å². The predicted octanol–water partition coefficient (Wildman–Crippen LogP) is 3.19. The summed E-state index contributed by atoms with van der Waals surface area (Å²) in [7, 11) is 4.04. The maximum atomic E-state index is 4.48. The number of rotatable bonds is 4. The van der Waals surface area contributed by atoms with Crippen LogP contribution < -0.4 is 10.2 Å². The summed E-state index contributed by atoms with van der Waals surface area (Å²) in [4.78, 5) is 9.20. The Morgan fingerprint density at radius 3 is 2.57 bits per heavy atom. The van der Waals surface area contributed by atoms with Crippen molar-refractivity contribution in [1.29, 1.82) is 0 Å². The van der Waals surface area contributed by atoms with Gasteiger partial charge in [-0.15, -0.1) is 24.0 Å². The molecule has 1 aromatic carbocycles. The molecule has 0 atom stereocenters. The SMILES string of the molecule is CN=C(NCCN(C)c1ccccc1)N1CCC2(CCC2)C1.I. The van der Waals surface area contributed by atoms with Crippen molar-refractivity contribution in [3.8, 4) is 0 Å². The minimum Gasteiger partial charge on any atom is -0.373 e. The van der Waals surface area contributed by atoms with Gasteiger partial charge in [0.05, 0.1) is 0 Å². The fourth-order valence-corrected chi connectivity index (χ4v) is 3.68. The number of hydrogen-bond acceptors (Lipinski definition) is 2. The van der Waals surface area contributed by atoms with Crippen molar-refractivity contribution in [2.75, 3.05) is 45.2 Å². The molecule has 1 spiro atoms. The lowest BCUT2D eigenvalue weighted by molar-refractivity contribution is 0.151. The molecule has 0 aromatic heterocycles. The van der Waals surface area contributed by atoms with Crippen molar-refractivity contribution >= 4 is 35.6 Å². The molecule has 0 radical (unpaired) electrons. The third kappa shape index (κ3) is 4.31. The number of para-hydroxylation sites is 1. The second-order valence-electron chi connectivity index (χ2n) is 6.76. The van der Waals surface area contributed by atoms with Gasteiger partial charge in [0.2, 0.25) is 0 Å². The third-order valence-electron chi connectivity index (χ3n) is 5.29. The van der Waals surface area contributed by atoms with Crippen molar-refractivity contribution in [1.82, 2.24) is 10.2 Å². The highest BCUT2D eigenvalue weighted by Crippen LogP contribution is 2.47. The molecule has 1 aliphatic heterocycles. The molecule has 0 unspecified atom stereocenters. The molecule has 5 heteroatoms. The van der Waals surface area contributed by atoms with E-state index in [1.807, 2.05) is 7.05 Å². The van der Waals surface area contributed by atoms with Crippen LogP contribution in [0.2, 0.25) is 0 Å². The van der Waals surface area contributed by atoms with E-state index in [1.165, 1.54) is 37.9 Å². The average Bonchev–Trinajstić information content (AvgIpc) is 2.98. The Hall–Kier alpha value is -0.980. The van der Waals surface area contributed by atoms with Gasteiger partial charge in [0, 0.05) is 46.0 Å². The minimum atomic E-state index is 0. The molecule has 2 aliphatic rings. The summed E-state index contributed by atoms with van der Waals surface area (Å²) < 4.78 is 0. The Morgan fingerprint density at radius 2 is 2.00 bits per heavy atom. The van der Waals surface area contributed by atoms with Crippen LogP contribution in [-0.4, -0.2) is 51.1 Å². The molecule has 128 valence electrons. The molecule has 1 aromatic rings. The van der Waals surface area contributed by atoms with Gasteiger partial charge >= 0.3 is 0 Å². The van der Waals surface area contributed by atoms with Crippen molar-refractivity contribution in [3.63, 3.8) is 0 Å². The van der Waals surface area contributed by atoms with Crippen LogP contribution in [0.5, 0.6) is 0 Å². The van der Waals surface area contributed by atoms with E-state index in [1.54, 1.807) is 0 Å². The molecule has 1 aliphatic carbocycles. The van der Waals surface area contributed by atoms with Gasteiger partial charge in [-0.3, -0.25) is 4.99 Å². The van der Waals surface area contributed by atoms with Crippen LogP contribution in [0.25, 0.3) is 0 Å². The standard InChI is InChI=1S/C18H28N4.HI/c1-19-17(22-13-11-18(15-22)9-6-10-18)20-12-14-21(2)16-7-4-3-5-8-16;/h3-5,7-8H,6,9-15H2,1-2H3,(H,19,20);1H. The van der Waals surface area contributed by atoms with Crippen LogP contribution in [0.4, 0.5) is 5.69 Å². The highest BCUT2D eigenvalue weighted by Gasteiger charge is 2.43. The second kappa shape index (κ2) is 8.22. The van der Waals surface area contributed by atoms with E-state index in [0.29, 0.717) is 5.41 Å². The first-order chi connectivity index (χ1) is 10.7. The van der Waals surface area contributed by atoms with Crippen LogP contribution in [0, 0.1) is 5.41 Å². The first kappa shape index (κ1) is 18.4. The zero-order valence-electron chi connectivity index (χ0n) is 14.3. The van der Waals surface area contributed by atoms with E-state index in [2.05, 4.69) is 57.5 Å². The molecular weight excluding hydrogens is 399 g/mol. The molecule has 1 saturated heterocycles. The summed E-state index contributed by atoms with van der Waals surface area (Å²) in [6.07, 6.45) is 5.59. The highest BCUT2D eigenvalue weighted by molar-refractivity contribution is 14.0. The van der Waals surface area contributed by atoms with Crippen molar-refractivity contribution in [2.24, 2.45) is 10.4 Å². The lowest BCUT2D eigenvalue weighted by Crippen LogP contribution is -2.44. The van der Waals surface area contributed by atoms with Crippen LogP contribution in [-0.2, 0) is 0 Å². The molecule has 23 heavy (non-hydrogen) atoms. The third-order valence-corrected chi connectivity index (χ3v) is 5.29. The number of likely N-dealkylation sites (tertiary alicyclic amines) is 1. The van der Waals surface area contributed by atoms with Gasteiger partial charge in [0.15, 0.2) is 5.96 Å². The van der Waals surface area contributed by atoms with Crippen LogP contribution >= 0.6 is 24.0 Å². The molecule has 0 amide bonds. The first-order valence-electron chi connectivity index (χ1n) is 8.44. The summed E-state index contributed by atoms with van der Waals surface area (Å²) in [5, 5.41) is 3.53. The Bertz CT molecular complexity index is 513. The van der Waals surface area contributed by atoms with E-state index in [9.17, 15) is 0 Å². The van der Waals surface area contributed by atoms with E-state index < -0.39 is 0 Å². The summed E-state index contributed by atoms with van der Waals surface area (Å²) in [5.41, 5.74) is 1.88. The molecule has 0 bridgehead atoms. The van der Waals surface area contributed by atoms with Crippen molar-refractivity contribution in [2.45, 2.75) is 25.7 Å². The van der Waals surface area contributed by atoms with Gasteiger partial charge in [-0.1, -0.05) is 24.6 Å². The monoisotopic (exact) mass is 428 g/mol. The minimum absolute atomic E-state index is 0. The Kier molecular flexibility index (Phi) is 6.56. The molecule has 1 heterocycles. The number of halogens is 1. The fourth-order valence-electron chi connectivity index (χ4n) is 3.68. The number of likely N-dealkylation sites (N-methyl/N-ethyl adjacent to an activating group) is 1. The Balaban J connectivity index is 0.00000192. The average molecular weight is 428 g/mol. The number of anilines is 1. The molecule has 1 N–H and O–H groups in total.